The summed E-state index contributed by atoms with van der Waals surface area (Å²) in [7, 11) is 1.67. The molecule has 3 rings (SSSR count). The van der Waals surface area contributed by atoms with Gasteiger partial charge in [-0.3, -0.25) is 0 Å². The minimum Gasteiger partial charge on any atom is -0.497 e. The Morgan fingerprint density at radius 1 is 1.29 bits per heavy atom. The molecule has 0 bridgehead atoms. The van der Waals surface area contributed by atoms with Gasteiger partial charge in [0, 0.05) is 36.1 Å². The molecule has 24 heavy (non-hydrogen) atoms. The second-order valence-corrected chi connectivity index (χ2v) is 6.33. The van der Waals surface area contributed by atoms with E-state index in [1.165, 1.54) is 12.8 Å². The molecule has 1 aromatic carbocycles. The number of nitrogens with one attached hydrogen (secondary N) is 1. The summed E-state index contributed by atoms with van der Waals surface area (Å²) in [5.41, 5.74) is 2.02. The van der Waals surface area contributed by atoms with Crippen LogP contribution in [0.25, 0.3) is 0 Å². The highest BCUT2D eigenvalue weighted by atomic mass is 16.5. The van der Waals surface area contributed by atoms with Crippen LogP contribution in [0.4, 0.5) is 17.5 Å². The molecule has 0 radical (unpaired) electrons. The molecule has 2 heterocycles. The van der Waals surface area contributed by atoms with E-state index in [4.69, 9.17) is 9.72 Å². The van der Waals surface area contributed by atoms with E-state index in [1.54, 1.807) is 7.11 Å². The first-order valence-corrected chi connectivity index (χ1v) is 8.75. The van der Waals surface area contributed by atoms with Gasteiger partial charge in [0.15, 0.2) is 0 Å². The van der Waals surface area contributed by atoms with E-state index in [9.17, 15) is 0 Å². The highest BCUT2D eigenvalue weighted by molar-refractivity contribution is 5.58. The molecule has 1 aromatic heterocycles. The van der Waals surface area contributed by atoms with E-state index in [-0.39, 0.29) is 0 Å². The number of aryl methyl sites for hydroxylation is 1. The molecule has 0 unspecified atom stereocenters. The number of ether oxygens (including phenoxy) is 1. The van der Waals surface area contributed by atoms with Crippen LogP contribution in [0.3, 0.4) is 0 Å². The van der Waals surface area contributed by atoms with Crippen molar-refractivity contribution in [2.75, 3.05) is 23.9 Å². The molecule has 1 aliphatic rings. The van der Waals surface area contributed by atoms with Crippen LogP contribution in [0.5, 0.6) is 5.75 Å². The van der Waals surface area contributed by atoms with Crippen molar-refractivity contribution in [1.29, 1.82) is 0 Å². The Morgan fingerprint density at radius 3 is 2.88 bits per heavy atom. The van der Waals surface area contributed by atoms with Gasteiger partial charge < -0.3 is 15.0 Å². The summed E-state index contributed by atoms with van der Waals surface area (Å²) in [5, 5.41) is 3.33. The van der Waals surface area contributed by atoms with Crippen molar-refractivity contribution in [1.82, 2.24) is 9.97 Å². The van der Waals surface area contributed by atoms with Crippen molar-refractivity contribution in [3.63, 3.8) is 0 Å². The van der Waals surface area contributed by atoms with Crippen LogP contribution in [-0.4, -0.2) is 29.7 Å². The Labute approximate surface area is 144 Å². The van der Waals surface area contributed by atoms with Crippen molar-refractivity contribution < 1.29 is 4.74 Å². The molecule has 5 heteroatoms. The number of rotatable bonds is 6. The van der Waals surface area contributed by atoms with E-state index < -0.39 is 0 Å². The number of anilines is 3. The zero-order valence-corrected chi connectivity index (χ0v) is 14.7. The van der Waals surface area contributed by atoms with Crippen molar-refractivity contribution in [3.05, 3.63) is 36.0 Å². The van der Waals surface area contributed by atoms with Crippen LogP contribution in [-0.2, 0) is 6.42 Å². The standard InChI is InChI=1S/C19H26N4O/c1-4-7-15-13-18(23-11-6-8-14(23)2)22-19(20-15)21-16-9-5-10-17(12-16)24-3/h5,9-10,12-14H,4,6-8,11H2,1-3H3,(H,20,21,22)/t14-/m0/s1. The molecular weight excluding hydrogens is 300 g/mol. The number of methoxy groups -OCH3 is 1. The summed E-state index contributed by atoms with van der Waals surface area (Å²) in [6.07, 6.45) is 4.49. The lowest BCUT2D eigenvalue weighted by molar-refractivity contribution is 0.415. The van der Waals surface area contributed by atoms with Crippen LogP contribution < -0.4 is 15.0 Å². The fraction of sp³-hybridized carbons (Fsp3) is 0.474. The summed E-state index contributed by atoms with van der Waals surface area (Å²) in [6.45, 7) is 5.52. The van der Waals surface area contributed by atoms with Gasteiger partial charge in [-0.2, -0.15) is 4.98 Å². The van der Waals surface area contributed by atoms with Gasteiger partial charge in [0.25, 0.3) is 0 Å². The third-order valence-electron chi connectivity index (χ3n) is 4.44. The van der Waals surface area contributed by atoms with E-state index in [0.717, 1.165) is 42.3 Å². The van der Waals surface area contributed by atoms with E-state index >= 15 is 0 Å². The first-order chi connectivity index (χ1) is 11.7. The van der Waals surface area contributed by atoms with Gasteiger partial charge >= 0.3 is 0 Å². The lowest BCUT2D eigenvalue weighted by Gasteiger charge is -2.23. The highest BCUT2D eigenvalue weighted by Crippen LogP contribution is 2.26. The molecule has 1 N–H and O–H groups in total. The zero-order chi connectivity index (χ0) is 16.9. The summed E-state index contributed by atoms with van der Waals surface area (Å²) >= 11 is 0. The first-order valence-electron chi connectivity index (χ1n) is 8.75. The Kier molecular flexibility index (Phi) is 5.18. The summed E-state index contributed by atoms with van der Waals surface area (Å²) in [5.74, 6) is 2.50. The molecular formula is C19H26N4O. The second-order valence-electron chi connectivity index (χ2n) is 6.33. The second kappa shape index (κ2) is 7.51. The van der Waals surface area contributed by atoms with Crippen LogP contribution in [0, 0.1) is 0 Å². The smallest absolute Gasteiger partial charge is 0.229 e. The SMILES string of the molecule is CCCc1cc(N2CCC[C@@H]2C)nc(Nc2cccc(OC)c2)n1. The Morgan fingerprint density at radius 2 is 2.17 bits per heavy atom. The average Bonchev–Trinajstić information content (AvgIpc) is 3.01. The number of hydrogen-bond acceptors (Lipinski definition) is 5. The van der Waals surface area contributed by atoms with Crippen molar-refractivity contribution in [2.45, 2.75) is 45.6 Å². The summed E-state index contributed by atoms with van der Waals surface area (Å²) < 4.78 is 5.28. The molecule has 0 saturated carbocycles. The van der Waals surface area contributed by atoms with E-state index in [2.05, 4.69) is 35.1 Å². The Bertz CT molecular complexity index is 689. The van der Waals surface area contributed by atoms with Gasteiger partial charge in [-0.25, -0.2) is 4.98 Å². The molecule has 1 aliphatic heterocycles. The third-order valence-corrected chi connectivity index (χ3v) is 4.44. The van der Waals surface area contributed by atoms with Crippen LogP contribution >= 0.6 is 0 Å². The quantitative estimate of drug-likeness (QED) is 0.863. The molecule has 5 nitrogen and oxygen atoms in total. The molecule has 0 amide bonds. The monoisotopic (exact) mass is 326 g/mol. The largest absolute Gasteiger partial charge is 0.497 e. The highest BCUT2D eigenvalue weighted by Gasteiger charge is 2.22. The third kappa shape index (κ3) is 3.78. The van der Waals surface area contributed by atoms with Crippen molar-refractivity contribution in [2.24, 2.45) is 0 Å². The lowest BCUT2D eigenvalue weighted by Crippen LogP contribution is -2.27. The number of hydrogen-bond donors (Lipinski definition) is 1. The van der Waals surface area contributed by atoms with Crippen LogP contribution in [0.2, 0.25) is 0 Å². The van der Waals surface area contributed by atoms with Gasteiger partial charge in [0.2, 0.25) is 5.95 Å². The molecule has 1 fully saturated rings. The van der Waals surface area contributed by atoms with Crippen molar-refractivity contribution in [3.8, 4) is 5.75 Å². The maximum atomic E-state index is 5.28. The van der Waals surface area contributed by atoms with Gasteiger partial charge in [0.1, 0.15) is 11.6 Å². The van der Waals surface area contributed by atoms with Gasteiger partial charge in [-0.15, -0.1) is 0 Å². The van der Waals surface area contributed by atoms with Gasteiger partial charge in [-0.05, 0) is 38.3 Å². The van der Waals surface area contributed by atoms with Crippen LogP contribution in [0.15, 0.2) is 30.3 Å². The van der Waals surface area contributed by atoms with E-state index in [1.807, 2.05) is 24.3 Å². The molecule has 2 aromatic rings. The normalized spacial score (nSPS) is 17.1. The Balaban J connectivity index is 1.89. The lowest BCUT2D eigenvalue weighted by atomic mass is 10.2. The van der Waals surface area contributed by atoms with Crippen molar-refractivity contribution >= 4 is 17.5 Å². The molecule has 128 valence electrons. The number of aromatic nitrogens is 2. The topological polar surface area (TPSA) is 50.3 Å². The van der Waals surface area contributed by atoms with Gasteiger partial charge in [0.05, 0.1) is 7.11 Å². The fourth-order valence-electron chi connectivity index (χ4n) is 3.17. The number of nitrogens with zero attached hydrogens (tertiary/aromatic N) is 3. The summed E-state index contributed by atoms with van der Waals surface area (Å²) in [4.78, 5) is 11.8. The molecule has 1 saturated heterocycles. The maximum absolute atomic E-state index is 5.28. The Hall–Kier alpha value is -2.30. The fourth-order valence-corrected chi connectivity index (χ4v) is 3.17. The predicted molar refractivity (Wildman–Crippen MR) is 98.3 cm³/mol. The van der Waals surface area contributed by atoms with Gasteiger partial charge in [-0.1, -0.05) is 19.4 Å². The molecule has 0 spiro atoms. The minimum absolute atomic E-state index is 0.541. The summed E-state index contributed by atoms with van der Waals surface area (Å²) in [6, 6.07) is 10.5. The predicted octanol–water partition coefficient (Wildman–Crippen LogP) is 4.17. The minimum atomic E-state index is 0.541. The maximum Gasteiger partial charge on any atom is 0.229 e. The molecule has 0 aliphatic carbocycles. The van der Waals surface area contributed by atoms with E-state index in [0.29, 0.717) is 12.0 Å². The first kappa shape index (κ1) is 16.6. The van der Waals surface area contributed by atoms with Crippen LogP contribution in [0.1, 0.15) is 38.8 Å². The zero-order valence-electron chi connectivity index (χ0n) is 14.7. The number of benzene rings is 1. The molecule has 1 atom stereocenters. The average molecular weight is 326 g/mol.